The number of anilines is 2. The summed E-state index contributed by atoms with van der Waals surface area (Å²) in [5.41, 5.74) is 1.99. The summed E-state index contributed by atoms with van der Waals surface area (Å²) in [5, 5.41) is 26.1. The van der Waals surface area contributed by atoms with Crippen LogP contribution in [0.4, 0.5) is 15.9 Å². The van der Waals surface area contributed by atoms with Crippen LogP contribution < -0.4 is 10.6 Å². The average molecular weight is 466 g/mol. The summed E-state index contributed by atoms with van der Waals surface area (Å²) in [6.07, 6.45) is 0. The van der Waals surface area contributed by atoms with Gasteiger partial charge < -0.3 is 15.8 Å². The van der Waals surface area contributed by atoms with E-state index in [1.54, 1.807) is 11.8 Å². The molecule has 1 aromatic heterocycles. The summed E-state index contributed by atoms with van der Waals surface area (Å²) in [5.74, 6) is 1.73. The second-order valence-electron chi connectivity index (χ2n) is 5.63. The van der Waals surface area contributed by atoms with E-state index in [0.29, 0.717) is 18.1 Å². The Morgan fingerprint density at radius 2 is 2.04 bits per heavy atom. The van der Waals surface area contributed by atoms with Gasteiger partial charge in [-0.25, -0.2) is 9.02 Å². The zero-order chi connectivity index (χ0) is 19.8. The minimum Gasteiger partial charge on any atom is -0.409 e. The lowest BCUT2D eigenvalue weighted by molar-refractivity contribution is 0.305. The molecule has 28 heavy (non-hydrogen) atoms. The van der Waals surface area contributed by atoms with Crippen molar-refractivity contribution in [3.05, 3.63) is 70.1 Å². The highest BCUT2D eigenvalue weighted by Gasteiger charge is 2.17. The molecular formula is C18H17BrFN5O2S. The van der Waals surface area contributed by atoms with Gasteiger partial charge in [-0.1, -0.05) is 35.5 Å². The quantitative estimate of drug-likeness (QED) is 0.147. The number of hydrogen-bond acceptors (Lipinski definition) is 7. The molecule has 0 atom stereocenters. The first-order chi connectivity index (χ1) is 13.7. The maximum Gasteiger partial charge on any atom is 0.203 e. The summed E-state index contributed by atoms with van der Waals surface area (Å²) >= 11 is 4.88. The lowest BCUT2D eigenvalue weighted by atomic mass is 10.2. The summed E-state index contributed by atoms with van der Waals surface area (Å²) in [6.45, 7) is 0.625. The molecule has 0 aliphatic carbocycles. The number of benzene rings is 2. The van der Waals surface area contributed by atoms with Crippen molar-refractivity contribution in [3.8, 4) is 0 Å². The van der Waals surface area contributed by atoms with Gasteiger partial charge in [0.15, 0.2) is 5.69 Å². The van der Waals surface area contributed by atoms with Crippen LogP contribution in [0.1, 0.15) is 11.3 Å². The molecule has 3 N–H and O–H groups in total. The molecule has 0 fully saturated rings. The SMILES string of the molecule is O/N=C(\Nc1ccc(F)c(Br)c1)c1nonc1NCCSCc1ccccc1. The summed E-state index contributed by atoms with van der Waals surface area (Å²) in [7, 11) is 0. The highest BCUT2D eigenvalue weighted by atomic mass is 79.9. The van der Waals surface area contributed by atoms with Gasteiger partial charge in [-0.05, 0) is 50.0 Å². The average Bonchev–Trinajstić information content (AvgIpc) is 3.17. The van der Waals surface area contributed by atoms with Gasteiger partial charge in [-0.15, -0.1) is 0 Å². The number of aromatic nitrogens is 2. The lowest BCUT2D eigenvalue weighted by Crippen LogP contribution is -2.17. The Bertz CT molecular complexity index is 939. The molecule has 0 saturated carbocycles. The van der Waals surface area contributed by atoms with E-state index in [9.17, 15) is 9.60 Å². The number of rotatable bonds is 8. The number of halogens is 2. The van der Waals surface area contributed by atoms with E-state index >= 15 is 0 Å². The minimum absolute atomic E-state index is 0.0270. The van der Waals surface area contributed by atoms with Crippen molar-refractivity contribution in [1.82, 2.24) is 10.3 Å². The van der Waals surface area contributed by atoms with Crippen LogP contribution in [0.2, 0.25) is 0 Å². The maximum atomic E-state index is 13.4. The fraction of sp³-hybridized carbons (Fsp3) is 0.167. The minimum atomic E-state index is -0.397. The number of oxime groups is 1. The molecule has 7 nitrogen and oxygen atoms in total. The van der Waals surface area contributed by atoms with Gasteiger partial charge in [0.1, 0.15) is 5.82 Å². The third-order valence-electron chi connectivity index (χ3n) is 3.65. The first-order valence-corrected chi connectivity index (χ1v) is 10.2. The second kappa shape index (κ2) is 10.1. The van der Waals surface area contributed by atoms with E-state index in [-0.39, 0.29) is 16.0 Å². The fourth-order valence-corrected chi connectivity index (χ4v) is 3.51. The van der Waals surface area contributed by atoms with E-state index in [2.05, 4.69) is 54.2 Å². The van der Waals surface area contributed by atoms with Crippen molar-refractivity contribution >= 4 is 45.0 Å². The lowest BCUT2D eigenvalue weighted by Gasteiger charge is -2.08. The topological polar surface area (TPSA) is 95.6 Å². The summed E-state index contributed by atoms with van der Waals surface area (Å²) in [6, 6.07) is 14.5. The molecule has 0 spiro atoms. The maximum absolute atomic E-state index is 13.4. The molecule has 0 amide bonds. The van der Waals surface area contributed by atoms with Crippen LogP contribution in [-0.4, -0.2) is 33.7 Å². The third-order valence-corrected chi connectivity index (χ3v) is 5.28. The van der Waals surface area contributed by atoms with Crippen molar-refractivity contribution in [2.75, 3.05) is 22.9 Å². The van der Waals surface area contributed by atoms with E-state index in [1.165, 1.54) is 23.8 Å². The van der Waals surface area contributed by atoms with Gasteiger partial charge in [0, 0.05) is 23.7 Å². The molecule has 0 bridgehead atoms. The van der Waals surface area contributed by atoms with Gasteiger partial charge in [-0.2, -0.15) is 11.8 Å². The summed E-state index contributed by atoms with van der Waals surface area (Å²) < 4.78 is 18.4. The molecule has 0 radical (unpaired) electrons. The fourth-order valence-electron chi connectivity index (χ4n) is 2.31. The van der Waals surface area contributed by atoms with Crippen LogP contribution in [0.5, 0.6) is 0 Å². The number of amidine groups is 1. The highest BCUT2D eigenvalue weighted by molar-refractivity contribution is 9.10. The molecule has 0 aliphatic rings. The van der Waals surface area contributed by atoms with Gasteiger partial charge in [0.2, 0.25) is 11.7 Å². The standard InChI is InChI=1S/C18H17BrFN5O2S/c19-14-10-13(6-7-15(14)20)22-18(23-26)16-17(25-27-24-16)21-8-9-28-11-12-4-2-1-3-5-12/h1-7,10,26H,8-9,11H2,(H,21,25)(H,22,23). The number of hydrogen-bond donors (Lipinski definition) is 3. The first kappa shape index (κ1) is 20.2. The van der Waals surface area contributed by atoms with Gasteiger partial charge in [0.25, 0.3) is 0 Å². The molecule has 0 unspecified atom stereocenters. The Morgan fingerprint density at radius 3 is 2.79 bits per heavy atom. The van der Waals surface area contributed by atoms with Crippen molar-refractivity contribution in [1.29, 1.82) is 0 Å². The predicted molar refractivity (Wildman–Crippen MR) is 111 cm³/mol. The van der Waals surface area contributed by atoms with E-state index < -0.39 is 5.82 Å². The number of thioether (sulfide) groups is 1. The van der Waals surface area contributed by atoms with Crippen molar-refractivity contribution < 1.29 is 14.2 Å². The molecule has 146 valence electrons. The van der Waals surface area contributed by atoms with Gasteiger partial charge in [0.05, 0.1) is 4.47 Å². The molecule has 1 heterocycles. The van der Waals surface area contributed by atoms with Crippen LogP contribution in [0.3, 0.4) is 0 Å². The van der Waals surface area contributed by atoms with Crippen LogP contribution in [0.25, 0.3) is 0 Å². The monoisotopic (exact) mass is 465 g/mol. The molecule has 2 aromatic carbocycles. The van der Waals surface area contributed by atoms with Crippen molar-refractivity contribution in [3.63, 3.8) is 0 Å². The molecular weight excluding hydrogens is 449 g/mol. The second-order valence-corrected chi connectivity index (χ2v) is 7.59. The Morgan fingerprint density at radius 1 is 1.21 bits per heavy atom. The van der Waals surface area contributed by atoms with Crippen molar-refractivity contribution in [2.24, 2.45) is 5.16 Å². The summed E-state index contributed by atoms with van der Waals surface area (Å²) in [4.78, 5) is 0. The highest BCUT2D eigenvalue weighted by Crippen LogP contribution is 2.21. The zero-order valence-electron chi connectivity index (χ0n) is 14.6. The molecule has 3 aromatic rings. The van der Waals surface area contributed by atoms with E-state index in [1.807, 2.05) is 18.2 Å². The Hall–Kier alpha value is -2.59. The smallest absolute Gasteiger partial charge is 0.203 e. The third kappa shape index (κ3) is 5.46. The number of nitrogens with one attached hydrogen (secondary N) is 2. The molecule has 0 aliphatic heterocycles. The Labute approximate surface area is 173 Å². The Kier molecular flexibility index (Phi) is 7.26. The number of nitrogens with zero attached hydrogens (tertiary/aromatic N) is 3. The largest absolute Gasteiger partial charge is 0.409 e. The van der Waals surface area contributed by atoms with Crippen LogP contribution in [0, 0.1) is 5.82 Å². The zero-order valence-corrected chi connectivity index (χ0v) is 17.0. The molecule has 0 saturated heterocycles. The van der Waals surface area contributed by atoms with Crippen LogP contribution >= 0.6 is 27.7 Å². The molecule has 3 rings (SSSR count). The van der Waals surface area contributed by atoms with E-state index in [4.69, 9.17) is 4.63 Å². The van der Waals surface area contributed by atoms with E-state index in [0.717, 1.165) is 11.5 Å². The predicted octanol–water partition coefficient (Wildman–Crippen LogP) is 4.56. The normalized spacial score (nSPS) is 11.4. The van der Waals surface area contributed by atoms with Gasteiger partial charge >= 0.3 is 0 Å². The van der Waals surface area contributed by atoms with Crippen LogP contribution in [0.15, 0.2) is 62.8 Å². The molecule has 10 heteroatoms. The van der Waals surface area contributed by atoms with Crippen LogP contribution in [-0.2, 0) is 5.75 Å². The first-order valence-electron chi connectivity index (χ1n) is 8.30. The Balaban J connectivity index is 1.55. The van der Waals surface area contributed by atoms with Crippen molar-refractivity contribution in [2.45, 2.75) is 5.75 Å². The van der Waals surface area contributed by atoms with Gasteiger partial charge in [-0.3, -0.25) is 0 Å².